The largest absolute Gasteiger partial charge is 0.317 e. The number of aryl methyl sites for hydroxylation is 2. The van der Waals surface area contributed by atoms with Crippen LogP contribution in [0, 0.1) is 0 Å². The molecule has 0 saturated carbocycles. The highest BCUT2D eigenvalue weighted by molar-refractivity contribution is 6.31. The Morgan fingerprint density at radius 3 is 2.62 bits per heavy atom. The van der Waals surface area contributed by atoms with Crippen LogP contribution >= 0.6 is 11.6 Å². The molecule has 0 fully saturated rings. The van der Waals surface area contributed by atoms with E-state index in [1.165, 1.54) is 5.69 Å². The topological polar surface area (TPSA) is 29.9 Å². The van der Waals surface area contributed by atoms with Crippen molar-refractivity contribution in [3.05, 3.63) is 16.4 Å². The van der Waals surface area contributed by atoms with E-state index in [0.717, 1.165) is 36.5 Å². The Hall–Kier alpha value is -0.540. The zero-order chi connectivity index (χ0) is 12.1. The lowest BCUT2D eigenvalue weighted by Gasteiger charge is -2.10. The summed E-state index contributed by atoms with van der Waals surface area (Å²) in [6, 6.07) is 0.515. The predicted molar refractivity (Wildman–Crippen MR) is 69.1 cm³/mol. The summed E-state index contributed by atoms with van der Waals surface area (Å²) < 4.78 is 2.03. The molecule has 16 heavy (non-hydrogen) atoms. The van der Waals surface area contributed by atoms with Gasteiger partial charge in [-0.15, -0.1) is 0 Å². The third-order valence-electron chi connectivity index (χ3n) is 3.00. The molecule has 0 bridgehead atoms. The van der Waals surface area contributed by atoms with Crippen LogP contribution < -0.4 is 5.32 Å². The number of nitrogens with one attached hydrogen (secondary N) is 1. The Kier molecular flexibility index (Phi) is 5.29. The van der Waals surface area contributed by atoms with Crippen LogP contribution in [0.25, 0.3) is 0 Å². The van der Waals surface area contributed by atoms with Crippen molar-refractivity contribution in [3.8, 4) is 0 Å². The van der Waals surface area contributed by atoms with Gasteiger partial charge in [0.25, 0.3) is 0 Å². The normalized spacial score (nSPS) is 13.1. The predicted octanol–water partition coefficient (Wildman–Crippen LogP) is 2.66. The Bertz CT molecular complexity index is 333. The van der Waals surface area contributed by atoms with E-state index in [1.807, 2.05) is 11.7 Å². The first-order valence-electron chi connectivity index (χ1n) is 6.05. The quantitative estimate of drug-likeness (QED) is 0.833. The van der Waals surface area contributed by atoms with Gasteiger partial charge in [-0.3, -0.25) is 4.68 Å². The lowest BCUT2D eigenvalue weighted by molar-refractivity contribution is 0.537. The summed E-state index contributed by atoms with van der Waals surface area (Å²) in [5.74, 6) is 0. The van der Waals surface area contributed by atoms with E-state index in [9.17, 15) is 0 Å². The number of aromatic nitrogens is 2. The molecule has 0 aliphatic carbocycles. The fourth-order valence-electron chi connectivity index (χ4n) is 1.75. The Morgan fingerprint density at radius 2 is 2.12 bits per heavy atom. The first kappa shape index (κ1) is 13.5. The third-order valence-corrected chi connectivity index (χ3v) is 3.44. The molecule has 1 rings (SSSR count). The second-order valence-corrected chi connectivity index (χ2v) is 4.48. The summed E-state index contributed by atoms with van der Waals surface area (Å²) >= 11 is 6.33. The number of hydrogen-bond acceptors (Lipinski definition) is 2. The highest BCUT2D eigenvalue weighted by Crippen LogP contribution is 2.23. The van der Waals surface area contributed by atoms with Crippen LogP contribution in [0.1, 0.15) is 38.6 Å². The molecular formula is C12H22ClN3. The van der Waals surface area contributed by atoms with Crippen LogP contribution in [0.5, 0.6) is 0 Å². The number of hydrogen-bond donors (Lipinski definition) is 1. The van der Waals surface area contributed by atoms with Crippen LogP contribution in [-0.4, -0.2) is 22.9 Å². The first-order chi connectivity index (χ1) is 7.63. The number of rotatable bonds is 6. The maximum absolute atomic E-state index is 6.33. The number of halogens is 1. The molecule has 0 amide bonds. The Morgan fingerprint density at radius 1 is 1.44 bits per heavy atom. The zero-order valence-corrected chi connectivity index (χ0v) is 11.4. The zero-order valence-electron chi connectivity index (χ0n) is 10.7. The molecule has 1 aromatic heterocycles. The lowest BCUT2D eigenvalue weighted by Crippen LogP contribution is -2.22. The molecule has 92 valence electrons. The summed E-state index contributed by atoms with van der Waals surface area (Å²) in [5, 5.41) is 8.62. The molecule has 1 unspecified atom stereocenters. The van der Waals surface area contributed by atoms with E-state index >= 15 is 0 Å². The van der Waals surface area contributed by atoms with Crippen LogP contribution in [0.4, 0.5) is 0 Å². The van der Waals surface area contributed by atoms with E-state index in [4.69, 9.17) is 11.6 Å². The van der Waals surface area contributed by atoms with Gasteiger partial charge >= 0.3 is 0 Å². The third kappa shape index (κ3) is 2.98. The molecule has 0 saturated heterocycles. The minimum atomic E-state index is 0.515. The molecule has 3 nitrogen and oxygen atoms in total. The molecule has 0 radical (unpaired) electrons. The summed E-state index contributed by atoms with van der Waals surface area (Å²) in [4.78, 5) is 0. The van der Waals surface area contributed by atoms with Crippen LogP contribution in [0.2, 0.25) is 5.02 Å². The fourth-order valence-corrected chi connectivity index (χ4v) is 2.12. The second-order valence-electron chi connectivity index (χ2n) is 4.11. The number of nitrogens with zero attached hydrogens (tertiary/aromatic N) is 2. The van der Waals surface area contributed by atoms with Gasteiger partial charge in [0.1, 0.15) is 0 Å². The van der Waals surface area contributed by atoms with Crippen molar-refractivity contribution in [3.63, 3.8) is 0 Å². The fraction of sp³-hybridized carbons (Fsp3) is 0.750. The Labute approximate surface area is 103 Å². The van der Waals surface area contributed by atoms with Gasteiger partial charge in [0.05, 0.1) is 16.4 Å². The van der Waals surface area contributed by atoms with E-state index in [1.54, 1.807) is 0 Å². The van der Waals surface area contributed by atoms with Crippen molar-refractivity contribution in [2.75, 3.05) is 7.05 Å². The SMILES string of the molecule is CCc1nn(CC)c(CCC(C)NC)c1Cl. The molecule has 1 heterocycles. The minimum Gasteiger partial charge on any atom is -0.317 e. The maximum atomic E-state index is 6.33. The standard InChI is InChI=1S/C12H22ClN3/c1-5-10-12(13)11(16(6-2)15-10)8-7-9(3)14-4/h9,14H,5-8H2,1-4H3. The van der Waals surface area contributed by atoms with Crippen molar-refractivity contribution >= 4 is 11.6 Å². The smallest absolute Gasteiger partial charge is 0.0849 e. The van der Waals surface area contributed by atoms with Gasteiger partial charge in [-0.05, 0) is 40.2 Å². The molecule has 1 atom stereocenters. The molecule has 0 aliphatic rings. The molecule has 1 N–H and O–H groups in total. The highest BCUT2D eigenvalue weighted by atomic mass is 35.5. The van der Waals surface area contributed by atoms with E-state index in [0.29, 0.717) is 6.04 Å². The van der Waals surface area contributed by atoms with Crippen molar-refractivity contribution in [1.29, 1.82) is 0 Å². The van der Waals surface area contributed by atoms with Crippen LogP contribution in [0.15, 0.2) is 0 Å². The van der Waals surface area contributed by atoms with Crippen molar-refractivity contribution in [2.24, 2.45) is 0 Å². The van der Waals surface area contributed by atoms with E-state index in [-0.39, 0.29) is 0 Å². The Balaban J connectivity index is 2.80. The van der Waals surface area contributed by atoms with Crippen molar-refractivity contribution in [1.82, 2.24) is 15.1 Å². The highest BCUT2D eigenvalue weighted by Gasteiger charge is 2.14. The summed E-state index contributed by atoms with van der Waals surface area (Å²) in [6.07, 6.45) is 2.98. The van der Waals surface area contributed by atoms with Gasteiger partial charge in [-0.1, -0.05) is 18.5 Å². The van der Waals surface area contributed by atoms with E-state index < -0.39 is 0 Å². The van der Waals surface area contributed by atoms with Crippen molar-refractivity contribution in [2.45, 2.75) is 52.6 Å². The van der Waals surface area contributed by atoms with Gasteiger partial charge in [0.15, 0.2) is 0 Å². The average molecular weight is 244 g/mol. The second kappa shape index (κ2) is 6.26. The monoisotopic (exact) mass is 243 g/mol. The summed E-state index contributed by atoms with van der Waals surface area (Å²) in [5.41, 5.74) is 2.21. The lowest BCUT2D eigenvalue weighted by atomic mass is 10.1. The molecule has 0 spiro atoms. The first-order valence-corrected chi connectivity index (χ1v) is 6.43. The molecule has 1 aromatic rings. The van der Waals surface area contributed by atoms with Gasteiger partial charge in [-0.25, -0.2) is 0 Å². The summed E-state index contributed by atoms with van der Waals surface area (Å²) in [6.45, 7) is 7.27. The minimum absolute atomic E-state index is 0.515. The summed E-state index contributed by atoms with van der Waals surface area (Å²) in [7, 11) is 1.99. The van der Waals surface area contributed by atoms with Crippen LogP contribution in [0.3, 0.4) is 0 Å². The molecule has 0 aliphatic heterocycles. The molecular weight excluding hydrogens is 222 g/mol. The van der Waals surface area contributed by atoms with Crippen molar-refractivity contribution < 1.29 is 0 Å². The van der Waals surface area contributed by atoms with Gasteiger partial charge in [-0.2, -0.15) is 5.10 Å². The van der Waals surface area contributed by atoms with Crippen LogP contribution in [-0.2, 0) is 19.4 Å². The molecule has 0 aromatic carbocycles. The average Bonchev–Trinajstić information content (AvgIpc) is 2.62. The molecule has 4 heteroatoms. The van der Waals surface area contributed by atoms with E-state index in [2.05, 4.69) is 31.2 Å². The van der Waals surface area contributed by atoms with Gasteiger partial charge in [0, 0.05) is 12.6 Å². The van der Waals surface area contributed by atoms with Gasteiger partial charge in [0.2, 0.25) is 0 Å². The maximum Gasteiger partial charge on any atom is 0.0849 e. The van der Waals surface area contributed by atoms with Gasteiger partial charge < -0.3 is 5.32 Å².